The van der Waals surface area contributed by atoms with Crippen molar-refractivity contribution in [2.45, 2.75) is 32.0 Å². The maximum absolute atomic E-state index is 12.7. The molecule has 8 heteroatoms. The standard InChI is InChI=1S/C16H18F2N4O2/c17-16(18)22-8-6-14(20-22)15(23)21(11-13-5-3-9-24-13)10-12-4-1-2-7-19-12/h1-2,4,6-8,13,16H,3,5,9-11H2/t13-/m0/s1. The van der Waals surface area contributed by atoms with E-state index in [0.717, 1.165) is 24.7 Å². The summed E-state index contributed by atoms with van der Waals surface area (Å²) in [5.74, 6) is -0.407. The molecule has 24 heavy (non-hydrogen) atoms. The van der Waals surface area contributed by atoms with E-state index in [1.54, 1.807) is 17.2 Å². The zero-order chi connectivity index (χ0) is 16.9. The van der Waals surface area contributed by atoms with Gasteiger partial charge in [-0.3, -0.25) is 9.78 Å². The predicted octanol–water partition coefficient (Wildman–Crippen LogP) is 2.49. The minimum Gasteiger partial charge on any atom is -0.376 e. The third-order valence-electron chi connectivity index (χ3n) is 3.84. The van der Waals surface area contributed by atoms with Crippen LogP contribution in [0.5, 0.6) is 0 Å². The number of alkyl halides is 2. The van der Waals surface area contributed by atoms with Crippen molar-refractivity contribution in [3.8, 4) is 0 Å². The van der Waals surface area contributed by atoms with Gasteiger partial charge in [0.1, 0.15) is 0 Å². The summed E-state index contributed by atoms with van der Waals surface area (Å²) in [6, 6.07) is 6.74. The number of carbonyl (C=O) groups excluding carboxylic acids is 1. The summed E-state index contributed by atoms with van der Waals surface area (Å²) in [4.78, 5) is 18.5. The second-order valence-electron chi connectivity index (χ2n) is 5.60. The highest BCUT2D eigenvalue weighted by atomic mass is 19.3. The molecule has 3 rings (SSSR count). The van der Waals surface area contributed by atoms with Gasteiger partial charge in [0.25, 0.3) is 5.91 Å². The van der Waals surface area contributed by atoms with Crippen molar-refractivity contribution in [1.82, 2.24) is 19.7 Å². The molecule has 0 aliphatic carbocycles. The van der Waals surface area contributed by atoms with E-state index in [1.807, 2.05) is 12.1 Å². The van der Waals surface area contributed by atoms with Crippen LogP contribution in [0.2, 0.25) is 0 Å². The van der Waals surface area contributed by atoms with Crippen molar-refractivity contribution in [3.05, 3.63) is 48.0 Å². The summed E-state index contributed by atoms with van der Waals surface area (Å²) in [5.41, 5.74) is 0.710. The second-order valence-corrected chi connectivity index (χ2v) is 5.60. The number of hydrogen-bond acceptors (Lipinski definition) is 4. The van der Waals surface area contributed by atoms with Gasteiger partial charge in [0, 0.05) is 25.5 Å². The summed E-state index contributed by atoms with van der Waals surface area (Å²) < 4.78 is 31.4. The van der Waals surface area contributed by atoms with Crippen LogP contribution in [0.25, 0.3) is 0 Å². The zero-order valence-electron chi connectivity index (χ0n) is 13.0. The Hall–Kier alpha value is -2.35. The Morgan fingerprint density at radius 1 is 1.42 bits per heavy atom. The third-order valence-corrected chi connectivity index (χ3v) is 3.84. The molecule has 0 spiro atoms. The van der Waals surface area contributed by atoms with Gasteiger partial charge in [-0.1, -0.05) is 6.07 Å². The van der Waals surface area contributed by atoms with E-state index in [-0.39, 0.29) is 18.3 Å². The summed E-state index contributed by atoms with van der Waals surface area (Å²) in [5, 5.41) is 3.66. The lowest BCUT2D eigenvalue weighted by Gasteiger charge is -2.24. The van der Waals surface area contributed by atoms with Crippen molar-refractivity contribution in [1.29, 1.82) is 0 Å². The smallest absolute Gasteiger partial charge is 0.333 e. The summed E-state index contributed by atoms with van der Waals surface area (Å²) in [6.07, 6.45) is 4.53. The highest BCUT2D eigenvalue weighted by molar-refractivity contribution is 5.92. The van der Waals surface area contributed by atoms with Crippen molar-refractivity contribution in [2.75, 3.05) is 13.2 Å². The molecule has 2 aromatic rings. The Bertz CT molecular complexity index is 672. The summed E-state index contributed by atoms with van der Waals surface area (Å²) in [6.45, 7) is -1.43. The molecule has 1 aliphatic heterocycles. The van der Waals surface area contributed by atoms with Gasteiger partial charge >= 0.3 is 6.55 Å². The van der Waals surface area contributed by atoms with Crippen molar-refractivity contribution >= 4 is 5.91 Å². The number of aromatic nitrogens is 3. The molecule has 0 radical (unpaired) electrons. The van der Waals surface area contributed by atoms with Crippen molar-refractivity contribution in [3.63, 3.8) is 0 Å². The van der Waals surface area contributed by atoms with Gasteiger partial charge < -0.3 is 9.64 Å². The molecule has 1 fully saturated rings. The average molecular weight is 336 g/mol. The van der Waals surface area contributed by atoms with Gasteiger partial charge in [-0.25, -0.2) is 4.68 Å². The first-order valence-corrected chi connectivity index (χ1v) is 7.77. The van der Waals surface area contributed by atoms with E-state index in [1.165, 1.54) is 6.07 Å². The molecule has 6 nitrogen and oxygen atoms in total. The fourth-order valence-corrected chi connectivity index (χ4v) is 2.66. The Morgan fingerprint density at radius 2 is 2.29 bits per heavy atom. The molecule has 1 saturated heterocycles. The van der Waals surface area contributed by atoms with Crippen LogP contribution in [0, 0.1) is 0 Å². The van der Waals surface area contributed by atoms with Crippen LogP contribution < -0.4 is 0 Å². The molecular formula is C16H18F2N4O2. The van der Waals surface area contributed by atoms with Crippen LogP contribution in [0.15, 0.2) is 36.7 Å². The van der Waals surface area contributed by atoms with Crippen LogP contribution in [-0.4, -0.2) is 44.8 Å². The molecule has 3 heterocycles. The lowest BCUT2D eigenvalue weighted by atomic mass is 10.2. The van der Waals surface area contributed by atoms with Crippen LogP contribution in [0.1, 0.15) is 35.6 Å². The van der Waals surface area contributed by atoms with E-state index in [0.29, 0.717) is 17.8 Å². The van der Waals surface area contributed by atoms with Crippen LogP contribution in [0.3, 0.4) is 0 Å². The number of rotatable bonds is 6. The number of amides is 1. The highest BCUT2D eigenvalue weighted by Crippen LogP contribution is 2.17. The molecule has 0 unspecified atom stereocenters. The predicted molar refractivity (Wildman–Crippen MR) is 81.4 cm³/mol. The van der Waals surface area contributed by atoms with Gasteiger partial charge in [0.05, 0.1) is 18.3 Å². The Labute approximate surface area is 138 Å². The highest BCUT2D eigenvalue weighted by Gasteiger charge is 2.25. The maximum Gasteiger partial charge on any atom is 0.333 e. The third kappa shape index (κ3) is 3.94. The molecule has 2 aromatic heterocycles. The van der Waals surface area contributed by atoms with E-state index in [9.17, 15) is 13.6 Å². The van der Waals surface area contributed by atoms with Gasteiger partial charge in [-0.05, 0) is 31.0 Å². The molecule has 1 atom stereocenters. The van der Waals surface area contributed by atoms with E-state index in [4.69, 9.17) is 4.74 Å². The minimum absolute atomic E-state index is 0.00997. The first kappa shape index (κ1) is 16.5. The maximum atomic E-state index is 12.7. The Morgan fingerprint density at radius 3 is 2.92 bits per heavy atom. The van der Waals surface area contributed by atoms with Crippen LogP contribution in [-0.2, 0) is 11.3 Å². The SMILES string of the molecule is O=C(c1ccn(C(F)F)n1)N(Cc1ccccn1)C[C@@H]1CCCO1. The fraction of sp³-hybridized carbons (Fsp3) is 0.438. The Kier molecular flexibility index (Phi) is 5.14. The zero-order valence-corrected chi connectivity index (χ0v) is 13.0. The Balaban J connectivity index is 1.77. The number of hydrogen-bond donors (Lipinski definition) is 0. The number of pyridine rings is 1. The number of ether oxygens (including phenoxy) is 1. The average Bonchev–Trinajstić information content (AvgIpc) is 3.26. The lowest BCUT2D eigenvalue weighted by Crippen LogP contribution is -2.37. The number of carbonyl (C=O) groups is 1. The first-order valence-electron chi connectivity index (χ1n) is 7.77. The number of halogens is 2. The van der Waals surface area contributed by atoms with Crippen LogP contribution in [0.4, 0.5) is 8.78 Å². The van der Waals surface area contributed by atoms with Crippen LogP contribution >= 0.6 is 0 Å². The van der Waals surface area contributed by atoms with Crippen molar-refractivity contribution in [2.24, 2.45) is 0 Å². The molecular weight excluding hydrogens is 318 g/mol. The first-order chi connectivity index (χ1) is 11.6. The van der Waals surface area contributed by atoms with Gasteiger partial charge in [0.15, 0.2) is 5.69 Å². The number of nitrogens with zero attached hydrogens (tertiary/aromatic N) is 4. The molecule has 0 saturated carbocycles. The topological polar surface area (TPSA) is 60.2 Å². The molecule has 1 amide bonds. The monoisotopic (exact) mass is 336 g/mol. The minimum atomic E-state index is -2.77. The van der Waals surface area contributed by atoms with E-state index in [2.05, 4.69) is 10.1 Å². The molecule has 128 valence electrons. The largest absolute Gasteiger partial charge is 0.376 e. The molecule has 0 bridgehead atoms. The summed E-state index contributed by atoms with van der Waals surface area (Å²) in [7, 11) is 0. The molecule has 1 aliphatic rings. The van der Waals surface area contributed by atoms with E-state index >= 15 is 0 Å². The summed E-state index contributed by atoms with van der Waals surface area (Å²) >= 11 is 0. The van der Waals surface area contributed by atoms with Gasteiger partial charge in [-0.2, -0.15) is 13.9 Å². The van der Waals surface area contributed by atoms with Gasteiger partial charge in [-0.15, -0.1) is 0 Å². The van der Waals surface area contributed by atoms with E-state index < -0.39 is 12.5 Å². The molecule has 0 N–H and O–H groups in total. The van der Waals surface area contributed by atoms with Crippen molar-refractivity contribution < 1.29 is 18.3 Å². The fourth-order valence-electron chi connectivity index (χ4n) is 2.66. The second kappa shape index (κ2) is 7.48. The van der Waals surface area contributed by atoms with Gasteiger partial charge in [0.2, 0.25) is 0 Å². The molecule has 0 aromatic carbocycles. The normalized spacial score (nSPS) is 17.4. The quantitative estimate of drug-likeness (QED) is 0.813. The lowest BCUT2D eigenvalue weighted by molar-refractivity contribution is 0.0474.